The quantitative estimate of drug-likeness (QED) is 0.360. The van der Waals surface area contributed by atoms with E-state index >= 15 is 0 Å². The molecule has 0 bridgehead atoms. The molecule has 0 fully saturated rings. The fourth-order valence-electron chi connectivity index (χ4n) is 1.57. The Bertz CT molecular complexity index is 429. The summed E-state index contributed by atoms with van der Waals surface area (Å²) >= 11 is 0. The van der Waals surface area contributed by atoms with Gasteiger partial charge in [-0.05, 0) is 23.9 Å². The molecular formula is C12H15N3O3. The van der Waals surface area contributed by atoms with E-state index in [2.05, 4.69) is 14.8 Å². The number of esters is 1. The van der Waals surface area contributed by atoms with Crippen molar-refractivity contribution in [3.05, 3.63) is 46.3 Å². The maximum absolute atomic E-state index is 11.3. The molecule has 0 aromatic heterocycles. The van der Waals surface area contributed by atoms with Crippen LogP contribution in [0.4, 0.5) is 0 Å². The molecule has 0 saturated heterocycles. The van der Waals surface area contributed by atoms with Gasteiger partial charge < -0.3 is 9.84 Å². The molecule has 1 aromatic rings. The van der Waals surface area contributed by atoms with Gasteiger partial charge in [0.15, 0.2) is 6.04 Å². The molecular weight excluding hydrogens is 234 g/mol. The Hall–Kier alpha value is -2.04. The van der Waals surface area contributed by atoms with Crippen LogP contribution in [0.15, 0.2) is 35.4 Å². The van der Waals surface area contributed by atoms with Gasteiger partial charge in [-0.1, -0.05) is 35.4 Å². The number of aliphatic hydroxyl groups is 1. The summed E-state index contributed by atoms with van der Waals surface area (Å²) in [4.78, 5) is 13.9. The first-order valence-electron chi connectivity index (χ1n) is 5.53. The highest BCUT2D eigenvalue weighted by molar-refractivity contribution is 5.76. The molecule has 0 aliphatic carbocycles. The third kappa shape index (κ3) is 4.08. The predicted octanol–water partition coefficient (Wildman–Crippen LogP) is 1.83. The summed E-state index contributed by atoms with van der Waals surface area (Å²) in [5, 5.41) is 13.1. The highest BCUT2D eigenvalue weighted by atomic mass is 16.5. The van der Waals surface area contributed by atoms with E-state index in [1.54, 1.807) is 0 Å². The van der Waals surface area contributed by atoms with E-state index in [1.807, 2.05) is 30.3 Å². The third-order valence-electron chi connectivity index (χ3n) is 2.55. The van der Waals surface area contributed by atoms with E-state index in [1.165, 1.54) is 7.11 Å². The zero-order valence-electron chi connectivity index (χ0n) is 10.1. The molecule has 0 amide bonds. The van der Waals surface area contributed by atoms with Crippen LogP contribution < -0.4 is 0 Å². The maximum Gasteiger partial charge on any atom is 0.317 e. The van der Waals surface area contributed by atoms with Crippen molar-refractivity contribution >= 4 is 5.97 Å². The second-order valence-electron chi connectivity index (χ2n) is 3.76. The number of carbonyl (C=O) groups excluding carboxylic acids is 1. The molecule has 0 heterocycles. The lowest BCUT2D eigenvalue weighted by Crippen LogP contribution is -2.33. The Labute approximate surface area is 105 Å². The standard InChI is InChI=1S/C12H15N3O3/c1-18-12(17)11(14-15-13)10(16)8-7-9-5-3-2-4-6-9/h2-6,10-11,16H,7-8H2,1H3. The van der Waals surface area contributed by atoms with E-state index in [0.29, 0.717) is 12.8 Å². The maximum atomic E-state index is 11.3. The zero-order valence-corrected chi connectivity index (χ0v) is 10.1. The van der Waals surface area contributed by atoms with Gasteiger partial charge in [-0.2, -0.15) is 0 Å². The summed E-state index contributed by atoms with van der Waals surface area (Å²) in [7, 11) is 1.19. The number of hydrogen-bond donors (Lipinski definition) is 1. The zero-order chi connectivity index (χ0) is 13.4. The average Bonchev–Trinajstić information content (AvgIpc) is 2.42. The van der Waals surface area contributed by atoms with E-state index in [-0.39, 0.29) is 0 Å². The van der Waals surface area contributed by atoms with Crippen molar-refractivity contribution in [2.75, 3.05) is 7.11 Å². The van der Waals surface area contributed by atoms with Crippen LogP contribution in [0.1, 0.15) is 12.0 Å². The van der Waals surface area contributed by atoms with Gasteiger partial charge in [-0.25, -0.2) is 0 Å². The Kier molecular flexibility index (Phi) is 5.70. The van der Waals surface area contributed by atoms with Gasteiger partial charge in [-0.15, -0.1) is 0 Å². The molecule has 2 atom stereocenters. The number of aliphatic hydroxyl groups excluding tert-OH is 1. The molecule has 0 radical (unpaired) electrons. The molecule has 0 spiro atoms. The number of benzene rings is 1. The van der Waals surface area contributed by atoms with Gasteiger partial charge in [0, 0.05) is 4.91 Å². The Morgan fingerprint density at radius 3 is 2.72 bits per heavy atom. The molecule has 1 N–H and O–H groups in total. The fourth-order valence-corrected chi connectivity index (χ4v) is 1.57. The molecule has 2 unspecified atom stereocenters. The van der Waals surface area contributed by atoms with Gasteiger partial charge in [0.2, 0.25) is 0 Å². The molecule has 1 rings (SSSR count). The van der Waals surface area contributed by atoms with Gasteiger partial charge in [-0.3, -0.25) is 4.79 Å². The van der Waals surface area contributed by atoms with Crippen molar-refractivity contribution in [3.8, 4) is 0 Å². The van der Waals surface area contributed by atoms with Gasteiger partial charge >= 0.3 is 5.97 Å². The molecule has 6 heteroatoms. The van der Waals surface area contributed by atoms with Crippen molar-refractivity contribution < 1.29 is 14.6 Å². The largest absolute Gasteiger partial charge is 0.469 e. The second kappa shape index (κ2) is 7.32. The lowest BCUT2D eigenvalue weighted by atomic mass is 10.0. The first-order chi connectivity index (χ1) is 8.69. The number of methoxy groups -OCH3 is 1. The number of hydrogen-bond acceptors (Lipinski definition) is 4. The van der Waals surface area contributed by atoms with Crippen molar-refractivity contribution in [2.24, 2.45) is 5.11 Å². The second-order valence-corrected chi connectivity index (χ2v) is 3.76. The van der Waals surface area contributed by atoms with Crippen LogP contribution >= 0.6 is 0 Å². The van der Waals surface area contributed by atoms with Crippen molar-refractivity contribution in [3.63, 3.8) is 0 Å². The first kappa shape index (κ1) is 14.0. The summed E-state index contributed by atoms with van der Waals surface area (Å²) in [6.45, 7) is 0. The first-order valence-corrected chi connectivity index (χ1v) is 5.53. The smallest absolute Gasteiger partial charge is 0.317 e. The number of carbonyl (C=O) groups is 1. The van der Waals surface area contributed by atoms with Gasteiger partial charge in [0.1, 0.15) is 0 Å². The van der Waals surface area contributed by atoms with Crippen LogP contribution in [0.2, 0.25) is 0 Å². The summed E-state index contributed by atoms with van der Waals surface area (Å²) in [6.07, 6.45) is -0.132. The molecule has 18 heavy (non-hydrogen) atoms. The van der Waals surface area contributed by atoms with Crippen molar-refractivity contribution in [1.29, 1.82) is 0 Å². The highest BCUT2D eigenvalue weighted by Gasteiger charge is 2.26. The van der Waals surface area contributed by atoms with Crippen LogP contribution in [0.5, 0.6) is 0 Å². The molecule has 6 nitrogen and oxygen atoms in total. The van der Waals surface area contributed by atoms with Crippen molar-refractivity contribution in [2.45, 2.75) is 25.0 Å². The molecule has 1 aromatic carbocycles. The van der Waals surface area contributed by atoms with Crippen LogP contribution in [0.3, 0.4) is 0 Å². The highest BCUT2D eigenvalue weighted by Crippen LogP contribution is 2.11. The van der Waals surface area contributed by atoms with Gasteiger partial charge in [0.05, 0.1) is 13.2 Å². The monoisotopic (exact) mass is 249 g/mol. The topological polar surface area (TPSA) is 95.3 Å². The van der Waals surface area contributed by atoms with Crippen LogP contribution in [-0.4, -0.2) is 30.3 Å². The van der Waals surface area contributed by atoms with Crippen LogP contribution in [0.25, 0.3) is 10.4 Å². The number of aryl methyl sites for hydroxylation is 1. The number of rotatable bonds is 6. The molecule has 0 aliphatic heterocycles. The lowest BCUT2D eigenvalue weighted by Gasteiger charge is -2.15. The van der Waals surface area contributed by atoms with Crippen LogP contribution in [-0.2, 0) is 16.0 Å². The Morgan fingerprint density at radius 1 is 1.50 bits per heavy atom. The fraction of sp³-hybridized carbons (Fsp3) is 0.417. The van der Waals surface area contributed by atoms with Crippen molar-refractivity contribution in [1.82, 2.24) is 0 Å². The van der Waals surface area contributed by atoms with E-state index in [0.717, 1.165) is 5.56 Å². The Balaban J connectivity index is 2.59. The van der Waals surface area contributed by atoms with Gasteiger partial charge in [0.25, 0.3) is 0 Å². The normalized spacial score (nSPS) is 13.2. The van der Waals surface area contributed by atoms with E-state index < -0.39 is 18.1 Å². The minimum absolute atomic E-state index is 0.322. The Morgan fingerprint density at radius 2 is 2.17 bits per heavy atom. The third-order valence-corrected chi connectivity index (χ3v) is 2.55. The molecule has 0 saturated carbocycles. The summed E-state index contributed by atoms with van der Waals surface area (Å²) in [5.74, 6) is -0.728. The molecule has 96 valence electrons. The number of nitrogens with zero attached hydrogens (tertiary/aromatic N) is 3. The van der Waals surface area contributed by atoms with E-state index in [9.17, 15) is 9.90 Å². The SMILES string of the molecule is COC(=O)C(N=[N+]=[N-])C(O)CCc1ccccc1. The predicted molar refractivity (Wildman–Crippen MR) is 65.7 cm³/mol. The minimum atomic E-state index is -1.19. The van der Waals surface area contributed by atoms with E-state index in [4.69, 9.17) is 5.53 Å². The lowest BCUT2D eigenvalue weighted by molar-refractivity contribution is -0.144. The number of ether oxygens (including phenoxy) is 1. The summed E-state index contributed by atoms with van der Waals surface area (Å²) in [5.41, 5.74) is 9.40. The number of azide groups is 1. The summed E-state index contributed by atoms with van der Waals surface area (Å²) < 4.78 is 4.47. The summed E-state index contributed by atoms with van der Waals surface area (Å²) in [6, 6.07) is 8.35. The molecule has 0 aliphatic rings. The minimum Gasteiger partial charge on any atom is -0.469 e. The average molecular weight is 249 g/mol. The van der Waals surface area contributed by atoms with Crippen LogP contribution in [0, 0.1) is 0 Å².